The van der Waals surface area contributed by atoms with E-state index >= 15 is 0 Å². The van der Waals surface area contributed by atoms with Crippen LogP contribution >= 0.6 is 15.9 Å². The van der Waals surface area contributed by atoms with E-state index in [4.69, 9.17) is 5.53 Å². The third kappa shape index (κ3) is 1.97. The van der Waals surface area contributed by atoms with Crippen molar-refractivity contribution in [3.8, 4) is 0 Å². The van der Waals surface area contributed by atoms with Crippen LogP contribution in [0.3, 0.4) is 0 Å². The van der Waals surface area contributed by atoms with Crippen LogP contribution in [0, 0.1) is 0 Å². The highest BCUT2D eigenvalue weighted by atomic mass is 79.9. The first-order valence-corrected chi connectivity index (χ1v) is 5.69. The second-order valence-electron chi connectivity index (χ2n) is 3.61. The Balaban J connectivity index is 2.33. The van der Waals surface area contributed by atoms with Gasteiger partial charge in [-0.05, 0) is 23.1 Å². The van der Waals surface area contributed by atoms with Crippen molar-refractivity contribution in [1.29, 1.82) is 0 Å². The van der Waals surface area contributed by atoms with Gasteiger partial charge in [-0.2, -0.15) is 0 Å². The topological polar surface area (TPSA) is 69.0 Å². The number of nitrogens with zero attached hydrogens (tertiary/aromatic N) is 3. The van der Waals surface area contributed by atoms with E-state index in [1.54, 1.807) is 0 Å². The first kappa shape index (κ1) is 11.2. The van der Waals surface area contributed by atoms with Crippen LogP contribution in [0.15, 0.2) is 39.9 Å². The van der Waals surface area contributed by atoms with Gasteiger partial charge in [-0.15, -0.1) is 0 Å². The van der Waals surface area contributed by atoms with Gasteiger partial charge in [0.05, 0.1) is 12.1 Å². The normalized spacial score (nSPS) is 24.4. The number of rotatable bonds is 2. The number of aliphatic hydroxyl groups excluding tert-OH is 1. The number of hydrogen-bond donors (Lipinski definition) is 1. The number of azide groups is 1. The molecule has 0 fully saturated rings. The Labute approximate surface area is 101 Å². The van der Waals surface area contributed by atoms with Gasteiger partial charge in [0.1, 0.15) is 0 Å². The molecule has 4 nitrogen and oxygen atoms in total. The maximum atomic E-state index is 9.85. The summed E-state index contributed by atoms with van der Waals surface area (Å²) in [5, 5.41) is 13.4. The van der Waals surface area contributed by atoms with Crippen molar-refractivity contribution >= 4 is 21.5 Å². The first-order valence-electron chi connectivity index (χ1n) is 4.90. The highest BCUT2D eigenvalue weighted by molar-refractivity contribution is 9.11. The smallest absolute Gasteiger partial charge is 0.0945 e. The molecule has 1 aliphatic rings. The molecule has 0 heterocycles. The van der Waals surface area contributed by atoms with Gasteiger partial charge in [0.15, 0.2) is 0 Å². The molecule has 0 aliphatic heterocycles. The zero-order chi connectivity index (χ0) is 11.5. The zero-order valence-electron chi connectivity index (χ0n) is 8.42. The molecule has 0 radical (unpaired) electrons. The highest BCUT2D eigenvalue weighted by Crippen LogP contribution is 2.38. The standard InChI is InChI=1S/C11H10BrN3O/c12-10-8(7-4-2-1-3-5-7)6-9(11(10)16)14-15-13/h1-5,9,11,16H,6H2/t9-,11+/m1/s1. The van der Waals surface area contributed by atoms with Crippen molar-refractivity contribution in [2.45, 2.75) is 18.6 Å². The van der Waals surface area contributed by atoms with Crippen molar-refractivity contribution in [2.24, 2.45) is 5.11 Å². The third-order valence-electron chi connectivity index (χ3n) is 2.65. The molecule has 82 valence electrons. The van der Waals surface area contributed by atoms with Crippen LogP contribution in [-0.2, 0) is 0 Å². The lowest BCUT2D eigenvalue weighted by atomic mass is 10.1. The Kier molecular flexibility index (Phi) is 3.29. The van der Waals surface area contributed by atoms with E-state index in [2.05, 4.69) is 26.0 Å². The highest BCUT2D eigenvalue weighted by Gasteiger charge is 2.31. The monoisotopic (exact) mass is 279 g/mol. The molecule has 1 aromatic carbocycles. The van der Waals surface area contributed by atoms with Crippen molar-refractivity contribution in [2.75, 3.05) is 0 Å². The summed E-state index contributed by atoms with van der Waals surface area (Å²) in [6, 6.07) is 9.36. The van der Waals surface area contributed by atoms with Crippen LogP contribution in [0.2, 0.25) is 0 Å². The summed E-state index contributed by atoms with van der Waals surface area (Å²) >= 11 is 3.36. The molecule has 2 rings (SSSR count). The Bertz CT molecular complexity index is 465. The average Bonchev–Trinajstić information content (AvgIpc) is 2.59. The second kappa shape index (κ2) is 4.70. The molecule has 0 saturated heterocycles. The van der Waals surface area contributed by atoms with Gasteiger partial charge in [0, 0.05) is 9.39 Å². The molecule has 0 saturated carbocycles. The predicted molar refractivity (Wildman–Crippen MR) is 65.8 cm³/mol. The van der Waals surface area contributed by atoms with Gasteiger partial charge >= 0.3 is 0 Å². The lowest BCUT2D eigenvalue weighted by Gasteiger charge is -2.07. The quantitative estimate of drug-likeness (QED) is 0.504. The van der Waals surface area contributed by atoms with E-state index in [1.807, 2.05) is 30.3 Å². The molecule has 0 unspecified atom stereocenters. The summed E-state index contributed by atoms with van der Waals surface area (Å²) in [5.74, 6) is 0. The minimum absolute atomic E-state index is 0.408. The molecular formula is C11H10BrN3O. The Morgan fingerprint density at radius 1 is 1.38 bits per heavy atom. The Morgan fingerprint density at radius 3 is 2.69 bits per heavy atom. The fourth-order valence-corrected chi connectivity index (χ4v) is 2.53. The second-order valence-corrected chi connectivity index (χ2v) is 4.47. The average molecular weight is 280 g/mol. The number of halogens is 1. The largest absolute Gasteiger partial charge is 0.387 e. The maximum Gasteiger partial charge on any atom is 0.0945 e. The minimum atomic E-state index is -0.730. The maximum absolute atomic E-state index is 9.85. The summed E-state index contributed by atoms with van der Waals surface area (Å²) in [6.07, 6.45) is -0.165. The molecule has 0 aromatic heterocycles. The Hall–Kier alpha value is -1.29. The zero-order valence-corrected chi connectivity index (χ0v) is 10.0. The van der Waals surface area contributed by atoms with Crippen molar-refractivity contribution < 1.29 is 5.11 Å². The summed E-state index contributed by atoms with van der Waals surface area (Å²) in [5.41, 5.74) is 10.5. The van der Waals surface area contributed by atoms with Crippen LogP contribution in [0.4, 0.5) is 0 Å². The van der Waals surface area contributed by atoms with Gasteiger partial charge < -0.3 is 5.11 Å². The molecule has 0 spiro atoms. The van der Waals surface area contributed by atoms with Crippen LogP contribution in [0.5, 0.6) is 0 Å². The number of hydrogen-bond acceptors (Lipinski definition) is 2. The minimum Gasteiger partial charge on any atom is -0.387 e. The van der Waals surface area contributed by atoms with E-state index in [0.29, 0.717) is 6.42 Å². The van der Waals surface area contributed by atoms with Gasteiger partial charge in [-0.1, -0.05) is 51.4 Å². The summed E-state index contributed by atoms with van der Waals surface area (Å²) < 4.78 is 0.719. The van der Waals surface area contributed by atoms with Gasteiger partial charge in [-0.25, -0.2) is 0 Å². The van der Waals surface area contributed by atoms with Crippen molar-refractivity contribution in [1.82, 2.24) is 0 Å². The molecule has 0 bridgehead atoms. The number of aliphatic hydroxyl groups is 1. The predicted octanol–water partition coefficient (Wildman–Crippen LogP) is 3.24. The van der Waals surface area contributed by atoms with E-state index in [0.717, 1.165) is 15.6 Å². The summed E-state index contributed by atoms with van der Waals surface area (Å²) in [7, 11) is 0. The molecular weight excluding hydrogens is 270 g/mol. The van der Waals surface area contributed by atoms with Crippen molar-refractivity contribution in [3.63, 3.8) is 0 Å². The molecule has 5 heteroatoms. The van der Waals surface area contributed by atoms with Gasteiger partial charge in [-0.3, -0.25) is 0 Å². The SMILES string of the molecule is [N-]=[N+]=N[C@@H]1CC(c2ccccc2)=C(Br)[C@H]1O. The van der Waals surface area contributed by atoms with Gasteiger partial charge in [0.25, 0.3) is 0 Å². The van der Waals surface area contributed by atoms with Crippen LogP contribution in [-0.4, -0.2) is 17.3 Å². The summed E-state index contributed by atoms with van der Waals surface area (Å²) in [6.45, 7) is 0. The summed E-state index contributed by atoms with van der Waals surface area (Å²) in [4.78, 5) is 2.75. The third-order valence-corrected chi connectivity index (χ3v) is 3.60. The fourth-order valence-electron chi connectivity index (χ4n) is 1.83. The van der Waals surface area contributed by atoms with Crippen LogP contribution < -0.4 is 0 Å². The molecule has 1 aromatic rings. The van der Waals surface area contributed by atoms with E-state index in [1.165, 1.54) is 0 Å². The molecule has 1 aliphatic carbocycles. The first-order chi connectivity index (χ1) is 7.74. The fraction of sp³-hybridized carbons (Fsp3) is 0.273. The van der Waals surface area contributed by atoms with Crippen molar-refractivity contribution in [3.05, 3.63) is 50.8 Å². The lowest BCUT2D eigenvalue weighted by Crippen LogP contribution is -2.17. The van der Waals surface area contributed by atoms with Gasteiger partial charge in [0.2, 0.25) is 0 Å². The van der Waals surface area contributed by atoms with Crippen LogP contribution in [0.25, 0.3) is 16.0 Å². The molecule has 1 N–H and O–H groups in total. The van der Waals surface area contributed by atoms with E-state index in [9.17, 15) is 5.11 Å². The molecule has 0 amide bonds. The van der Waals surface area contributed by atoms with E-state index < -0.39 is 12.1 Å². The molecule has 2 atom stereocenters. The van der Waals surface area contributed by atoms with E-state index in [-0.39, 0.29) is 0 Å². The number of benzene rings is 1. The lowest BCUT2D eigenvalue weighted by molar-refractivity contribution is 0.199. The van der Waals surface area contributed by atoms with Crippen LogP contribution in [0.1, 0.15) is 12.0 Å². The Morgan fingerprint density at radius 2 is 2.06 bits per heavy atom. The molecule has 16 heavy (non-hydrogen) atoms.